The normalized spacial score (nSPS) is 10.2. The van der Waals surface area contributed by atoms with Gasteiger partial charge in [0.15, 0.2) is 0 Å². The SMILES string of the molecule is CCCc1nn(C)c(Oc2cc(C#N)cc(OC)c2)c1N. The molecule has 0 spiro atoms. The Kier molecular flexibility index (Phi) is 4.33. The number of hydrogen-bond acceptors (Lipinski definition) is 5. The van der Waals surface area contributed by atoms with Gasteiger partial charge in [-0.3, -0.25) is 0 Å². The highest BCUT2D eigenvalue weighted by atomic mass is 16.5. The van der Waals surface area contributed by atoms with Crippen molar-refractivity contribution in [2.75, 3.05) is 12.8 Å². The zero-order valence-electron chi connectivity index (χ0n) is 12.4. The number of nitrogen functional groups attached to an aromatic ring is 1. The third-order valence-electron chi connectivity index (χ3n) is 3.05. The van der Waals surface area contributed by atoms with Crippen LogP contribution in [0.2, 0.25) is 0 Å². The van der Waals surface area contributed by atoms with Crippen LogP contribution in [0.4, 0.5) is 5.69 Å². The van der Waals surface area contributed by atoms with Gasteiger partial charge in [0.25, 0.3) is 0 Å². The van der Waals surface area contributed by atoms with E-state index in [9.17, 15) is 0 Å². The van der Waals surface area contributed by atoms with Gasteiger partial charge in [0.05, 0.1) is 24.4 Å². The lowest BCUT2D eigenvalue weighted by Gasteiger charge is -2.09. The summed E-state index contributed by atoms with van der Waals surface area (Å²) in [5.41, 5.74) is 7.88. The molecule has 110 valence electrons. The van der Waals surface area contributed by atoms with Crippen molar-refractivity contribution in [2.45, 2.75) is 19.8 Å². The van der Waals surface area contributed by atoms with E-state index in [-0.39, 0.29) is 0 Å². The second-order valence-electron chi connectivity index (χ2n) is 4.65. The molecule has 0 radical (unpaired) electrons. The zero-order chi connectivity index (χ0) is 15.4. The van der Waals surface area contributed by atoms with Crippen molar-refractivity contribution in [1.82, 2.24) is 9.78 Å². The van der Waals surface area contributed by atoms with Crippen molar-refractivity contribution in [2.24, 2.45) is 7.05 Å². The predicted octanol–water partition coefficient (Wildman–Crippen LogP) is 2.63. The summed E-state index contributed by atoms with van der Waals surface area (Å²) in [7, 11) is 3.31. The van der Waals surface area contributed by atoms with Gasteiger partial charge in [-0.05, 0) is 18.6 Å². The molecular weight excluding hydrogens is 268 g/mol. The van der Waals surface area contributed by atoms with Crippen LogP contribution >= 0.6 is 0 Å². The van der Waals surface area contributed by atoms with Crippen LogP contribution in [-0.2, 0) is 13.5 Å². The van der Waals surface area contributed by atoms with Gasteiger partial charge in [-0.15, -0.1) is 0 Å². The van der Waals surface area contributed by atoms with E-state index in [0.717, 1.165) is 18.5 Å². The van der Waals surface area contributed by atoms with Crippen LogP contribution in [0.25, 0.3) is 0 Å². The molecule has 2 aromatic rings. The van der Waals surface area contributed by atoms with Gasteiger partial charge in [-0.2, -0.15) is 10.4 Å². The largest absolute Gasteiger partial charge is 0.497 e. The molecule has 0 aliphatic carbocycles. The number of rotatable bonds is 5. The van der Waals surface area contributed by atoms with Crippen molar-refractivity contribution in [1.29, 1.82) is 5.26 Å². The van der Waals surface area contributed by atoms with Crippen LogP contribution in [-0.4, -0.2) is 16.9 Å². The fraction of sp³-hybridized carbons (Fsp3) is 0.333. The summed E-state index contributed by atoms with van der Waals surface area (Å²) in [5, 5.41) is 13.4. The molecular formula is C15H18N4O2. The Morgan fingerprint density at radius 2 is 2.05 bits per heavy atom. The van der Waals surface area contributed by atoms with Crippen molar-refractivity contribution in [3.63, 3.8) is 0 Å². The number of methoxy groups -OCH3 is 1. The standard InChI is InChI=1S/C15H18N4O2/c1-4-5-13-14(17)15(19(2)18-13)21-12-7-10(9-16)6-11(8-12)20-3/h6-8H,4-5,17H2,1-3H3. The first kappa shape index (κ1) is 14.7. The van der Waals surface area contributed by atoms with E-state index in [2.05, 4.69) is 18.1 Å². The second kappa shape index (κ2) is 6.18. The van der Waals surface area contributed by atoms with Crippen molar-refractivity contribution >= 4 is 5.69 Å². The number of hydrogen-bond donors (Lipinski definition) is 1. The molecule has 0 atom stereocenters. The number of aromatic nitrogens is 2. The molecule has 21 heavy (non-hydrogen) atoms. The first-order valence-electron chi connectivity index (χ1n) is 6.67. The molecule has 6 heteroatoms. The van der Waals surface area contributed by atoms with Gasteiger partial charge in [-0.1, -0.05) is 13.3 Å². The number of nitrogens with two attached hydrogens (primary N) is 1. The fourth-order valence-corrected chi connectivity index (χ4v) is 2.05. The first-order chi connectivity index (χ1) is 10.1. The lowest BCUT2D eigenvalue weighted by Crippen LogP contribution is -1.97. The van der Waals surface area contributed by atoms with E-state index in [1.807, 2.05) is 0 Å². The van der Waals surface area contributed by atoms with E-state index >= 15 is 0 Å². The number of anilines is 1. The molecule has 2 rings (SSSR count). The van der Waals surface area contributed by atoms with Crippen LogP contribution in [0.15, 0.2) is 18.2 Å². The van der Waals surface area contributed by atoms with Gasteiger partial charge in [0, 0.05) is 13.1 Å². The van der Waals surface area contributed by atoms with Gasteiger partial charge < -0.3 is 15.2 Å². The summed E-state index contributed by atoms with van der Waals surface area (Å²) in [4.78, 5) is 0. The highest BCUT2D eigenvalue weighted by molar-refractivity contribution is 5.55. The van der Waals surface area contributed by atoms with Crippen LogP contribution in [0.1, 0.15) is 24.6 Å². The van der Waals surface area contributed by atoms with E-state index in [1.165, 1.54) is 7.11 Å². The number of nitrogens with zero attached hydrogens (tertiary/aromatic N) is 3. The Morgan fingerprint density at radius 1 is 1.33 bits per heavy atom. The Bertz CT molecular complexity index is 686. The van der Waals surface area contributed by atoms with Crippen LogP contribution in [0.5, 0.6) is 17.4 Å². The average molecular weight is 286 g/mol. The van der Waals surface area contributed by atoms with E-state index in [4.69, 9.17) is 20.5 Å². The number of aryl methyl sites for hydroxylation is 2. The second-order valence-corrected chi connectivity index (χ2v) is 4.65. The van der Waals surface area contributed by atoms with Crippen LogP contribution in [0.3, 0.4) is 0 Å². The molecule has 0 aliphatic rings. The Hall–Kier alpha value is -2.68. The zero-order valence-corrected chi connectivity index (χ0v) is 12.4. The lowest BCUT2D eigenvalue weighted by molar-refractivity contribution is 0.402. The predicted molar refractivity (Wildman–Crippen MR) is 79.4 cm³/mol. The topological polar surface area (TPSA) is 86.1 Å². The van der Waals surface area contributed by atoms with E-state index in [1.54, 1.807) is 29.9 Å². The first-order valence-corrected chi connectivity index (χ1v) is 6.67. The summed E-state index contributed by atoms with van der Waals surface area (Å²) < 4.78 is 12.6. The number of benzene rings is 1. The van der Waals surface area contributed by atoms with E-state index < -0.39 is 0 Å². The highest BCUT2D eigenvalue weighted by Gasteiger charge is 2.15. The number of nitriles is 1. The molecule has 0 saturated carbocycles. The molecule has 0 fully saturated rings. The molecule has 6 nitrogen and oxygen atoms in total. The number of ether oxygens (including phenoxy) is 2. The summed E-state index contributed by atoms with van der Waals surface area (Å²) in [5.74, 6) is 1.51. The smallest absolute Gasteiger partial charge is 0.241 e. The minimum Gasteiger partial charge on any atom is -0.497 e. The molecule has 2 N–H and O–H groups in total. The highest BCUT2D eigenvalue weighted by Crippen LogP contribution is 2.32. The third-order valence-corrected chi connectivity index (χ3v) is 3.05. The quantitative estimate of drug-likeness (QED) is 0.913. The maximum atomic E-state index is 9.03. The molecule has 1 heterocycles. The van der Waals surface area contributed by atoms with E-state index in [0.29, 0.717) is 28.6 Å². The molecule has 0 unspecified atom stereocenters. The van der Waals surface area contributed by atoms with Crippen LogP contribution in [0, 0.1) is 11.3 Å². The van der Waals surface area contributed by atoms with Gasteiger partial charge >= 0.3 is 0 Å². The third kappa shape index (κ3) is 3.08. The molecule has 0 saturated heterocycles. The van der Waals surface area contributed by atoms with Gasteiger partial charge in [0.2, 0.25) is 5.88 Å². The summed E-state index contributed by atoms with van der Waals surface area (Å²) >= 11 is 0. The van der Waals surface area contributed by atoms with Crippen molar-refractivity contribution < 1.29 is 9.47 Å². The Labute approximate surface area is 123 Å². The molecule has 0 bridgehead atoms. The van der Waals surface area contributed by atoms with Gasteiger partial charge in [-0.25, -0.2) is 4.68 Å². The minimum absolute atomic E-state index is 0.457. The maximum absolute atomic E-state index is 9.03. The maximum Gasteiger partial charge on any atom is 0.241 e. The Morgan fingerprint density at radius 3 is 2.67 bits per heavy atom. The Balaban J connectivity index is 2.36. The average Bonchev–Trinajstić information content (AvgIpc) is 2.75. The van der Waals surface area contributed by atoms with Crippen LogP contribution < -0.4 is 15.2 Å². The van der Waals surface area contributed by atoms with Gasteiger partial charge in [0.1, 0.15) is 17.2 Å². The molecule has 0 aliphatic heterocycles. The van der Waals surface area contributed by atoms with Crippen molar-refractivity contribution in [3.8, 4) is 23.4 Å². The summed E-state index contributed by atoms with van der Waals surface area (Å²) in [6.45, 7) is 2.07. The summed E-state index contributed by atoms with van der Waals surface area (Å²) in [6.07, 6.45) is 1.75. The monoisotopic (exact) mass is 286 g/mol. The molecule has 0 amide bonds. The molecule has 1 aromatic carbocycles. The van der Waals surface area contributed by atoms with Crippen molar-refractivity contribution in [3.05, 3.63) is 29.5 Å². The molecule has 1 aromatic heterocycles. The fourth-order valence-electron chi connectivity index (χ4n) is 2.05. The summed E-state index contributed by atoms with van der Waals surface area (Å²) in [6, 6.07) is 7.04. The minimum atomic E-state index is 0.457. The lowest BCUT2D eigenvalue weighted by atomic mass is 10.2.